The van der Waals surface area contributed by atoms with Gasteiger partial charge in [0.25, 0.3) is 0 Å². The number of hydrogen-bond acceptors (Lipinski definition) is 2. The maximum absolute atomic E-state index is 6.22. The summed E-state index contributed by atoms with van der Waals surface area (Å²) in [5.41, 5.74) is 10.3. The second kappa shape index (κ2) is 4.83. The number of nitrogens with two attached hydrogens (primary N) is 1. The van der Waals surface area contributed by atoms with Crippen LogP contribution in [-0.2, 0) is 13.1 Å². The first-order valence-corrected chi connectivity index (χ1v) is 6.85. The SMILES string of the molecule is NC(=S)c1c(Cl)cccc1N1Cc2ccccc2C1. The molecule has 0 fully saturated rings. The van der Waals surface area contributed by atoms with Crippen molar-refractivity contribution in [2.24, 2.45) is 5.73 Å². The van der Waals surface area contributed by atoms with E-state index in [2.05, 4.69) is 29.2 Å². The van der Waals surface area contributed by atoms with Gasteiger partial charge in [0.05, 0.1) is 10.6 Å². The lowest BCUT2D eigenvalue weighted by Crippen LogP contribution is -2.20. The first-order valence-electron chi connectivity index (χ1n) is 6.07. The molecule has 2 nitrogen and oxygen atoms in total. The van der Waals surface area contributed by atoms with Crippen LogP contribution in [0, 0.1) is 0 Å². The summed E-state index contributed by atoms with van der Waals surface area (Å²) in [4.78, 5) is 2.60. The Morgan fingerprint density at radius 2 is 1.68 bits per heavy atom. The van der Waals surface area contributed by atoms with E-state index in [1.807, 2.05) is 18.2 Å². The summed E-state index contributed by atoms with van der Waals surface area (Å²) in [6.45, 7) is 1.73. The van der Waals surface area contributed by atoms with Gasteiger partial charge in [0.2, 0.25) is 0 Å². The molecule has 96 valence electrons. The summed E-state index contributed by atoms with van der Waals surface area (Å²) in [6, 6.07) is 14.2. The predicted octanol–water partition coefficient (Wildman–Crippen LogP) is 3.49. The van der Waals surface area contributed by atoms with Crippen molar-refractivity contribution in [2.45, 2.75) is 13.1 Å². The lowest BCUT2D eigenvalue weighted by molar-refractivity contribution is 0.879. The normalized spacial score (nSPS) is 13.4. The van der Waals surface area contributed by atoms with Gasteiger partial charge in [-0.05, 0) is 23.3 Å². The highest BCUT2D eigenvalue weighted by Crippen LogP contribution is 2.33. The van der Waals surface area contributed by atoms with E-state index in [9.17, 15) is 0 Å². The molecule has 0 amide bonds. The molecule has 3 rings (SSSR count). The molecule has 2 aromatic carbocycles. The summed E-state index contributed by atoms with van der Waals surface area (Å²) >= 11 is 11.3. The standard InChI is InChI=1S/C15H13ClN2S/c16-12-6-3-7-13(14(12)15(17)19)18-8-10-4-1-2-5-11(10)9-18/h1-7H,8-9H2,(H2,17,19). The van der Waals surface area contributed by atoms with E-state index >= 15 is 0 Å². The number of anilines is 1. The number of fused-ring (bicyclic) bond motifs is 1. The average Bonchev–Trinajstić information content (AvgIpc) is 2.81. The molecule has 0 unspecified atom stereocenters. The van der Waals surface area contributed by atoms with Crippen molar-refractivity contribution >= 4 is 34.5 Å². The highest BCUT2D eigenvalue weighted by molar-refractivity contribution is 7.80. The first-order chi connectivity index (χ1) is 9.16. The second-order valence-electron chi connectivity index (χ2n) is 4.62. The largest absolute Gasteiger partial charge is 0.389 e. The van der Waals surface area contributed by atoms with E-state index in [4.69, 9.17) is 29.6 Å². The van der Waals surface area contributed by atoms with Crippen LogP contribution in [-0.4, -0.2) is 4.99 Å². The molecule has 0 bridgehead atoms. The van der Waals surface area contributed by atoms with Crippen LogP contribution in [0.5, 0.6) is 0 Å². The first kappa shape index (κ1) is 12.5. The van der Waals surface area contributed by atoms with Crippen LogP contribution >= 0.6 is 23.8 Å². The lowest BCUT2D eigenvalue weighted by atomic mass is 10.1. The molecular formula is C15H13ClN2S. The molecule has 2 N–H and O–H groups in total. The molecule has 0 saturated heterocycles. The molecule has 19 heavy (non-hydrogen) atoms. The van der Waals surface area contributed by atoms with Gasteiger partial charge >= 0.3 is 0 Å². The molecule has 4 heteroatoms. The maximum atomic E-state index is 6.22. The number of halogens is 1. The third-order valence-corrected chi connectivity index (χ3v) is 3.94. The molecule has 0 spiro atoms. The van der Waals surface area contributed by atoms with Crippen LogP contribution in [0.15, 0.2) is 42.5 Å². The van der Waals surface area contributed by atoms with Crippen molar-refractivity contribution in [1.29, 1.82) is 0 Å². The quantitative estimate of drug-likeness (QED) is 0.858. The summed E-state index contributed by atoms with van der Waals surface area (Å²) < 4.78 is 0. The zero-order valence-electron chi connectivity index (χ0n) is 10.3. The highest BCUT2D eigenvalue weighted by Gasteiger charge is 2.22. The third kappa shape index (κ3) is 2.20. The zero-order valence-corrected chi connectivity index (χ0v) is 11.8. The van der Waals surface area contributed by atoms with Gasteiger partial charge in [-0.3, -0.25) is 0 Å². The van der Waals surface area contributed by atoms with Crippen LogP contribution in [0.4, 0.5) is 5.69 Å². The summed E-state index contributed by atoms with van der Waals surface area (Å²) in [6.07, 6.45) is 0. The zero-order chi connectivity index (χ0) is 13.4. The van der Waals surface area contributed by atoms with E-state index < -0.39 is 0 Å². The molecule has 0 atom stereocenters. The Kier molecular flexibility index (Phi) is 3.17. The van der Waals surface area contributed by atoms with Crippen LogP contribution < -0.4 is 10.6 Å². The molecule has 0 aromatic heterocycles. The molecule has 1 aliphatic heterocycles. The second-order valence-corrected chi connectivity index (χ2v) is 5.47. The molecule has 2 aromatic rings. The van der Waals surface area contributed by atoms with Crippen LogP contribution in [0.2, 0.25) is 5.02 Å². The molecule has 1 heterocycles. The number of thiocarbonyl (C=S) groups is 1. The Hall–Kier alpha value is -1.58. The molecule has 1 aliphatic rings. The van der Waals surface area contributed by atoms with E-state index in [0.29, 0.717) is 10.0 Å². The van der Waals surface area contributed by atoms with Crippen molar-refractivity contribution in [3.05, 3.63) is 64.2 Å². The average molecular weight is 289 g/mol. The third-order valence-electron chi connectivity index (χ3n) is 3.42. The van der Waals surface area contributed by atoms with Gasteiger partial charge in [0.15, 0.2) is 0 Å². The Bertz CT molecular complexity index is 629. The van der Waals surface area contributed by atoms with Crippen molar-refractivity contribution in [2.75, 3.05) is 4.90 Å². The lowest BCUT2D eigenvalue weighted by Gasteiger charge is -2.21. The van der Waals surface area contributed by atoms with Gasteiger partial charge in [-0.2, -0.15) is 0 Å². The van der Waals surface area contributed by atoms with Crippen molar-refractivity contribution in [1.82, 2.24) is 0 Å². The Labute approximate surface area is 122 Å². The number of hydrogen-bond donors (Lipinski definition) is 1. The highest BCUT2D eigenvalue weighted by atomic mass is 35.5. The number of benzene rings is 2. The maximum Gasteiger partial charge on any atom is 0.107 e. The smallest absolute Gasteiger partial charge is 0.107 e. The van der Waals surface area contributed by atoms with Crippen molar-refractivity contribution in [3.63, 3.8) is 0 Å². The number of rotatable bonds is 2. The summed E-state index contributed by atoms with van der Waals surface area (Å²) in [5.74, 6) is 0. The number of nitrogens with zero attached hydrogens (tertiary/aromatic N) is 1. The van der Waals surface area contributed by atoms with Crippen molar-refractivity contribution < 1.29 is 0 Å². The van der Waals surface area contributed by atoms with Gasteiger partial charge in [-0.1, -0.05) is 54.2 Å². The van der Waals surface area contributed by atoms with E-state index in [0.717, 1.165) is 24.3 Å². The van der Waals surface area contributed by atoms with Gasteiger partial charge in [-0.15, -0.1) is 0 Å². The van der Waals surface area contributed by atoms with Crippen molar-refractivity contribution in [3.8, 4) is 0 Å². The summed E-state index contributed by atoms with van der Waals surface area (Å²) in [7, 11) is 0. The monoisotopic (exact) mass is 288 g/mol. The van der Waals surface area contributed by atoms with E-state index in [-0.39, 0.29) is 0 Å². The van der Waals surface area contributed by atoms with Gasteiger partial charge in [0.1, 0.15) is 4.99 Å². The van der Waals surface area contributed by atoms with Gasteiger partial charge < -0.3 is 10.6 Å². The minimum Gasteiger partial charge on any atom is -0.389 e. The van der Waals surface area contributed by atoms with Gasteiger partial charge in [-0.25, -0.2) is 0 Å². The van der Waals surface area contributed by atoms with E-state index in [1.165, 1.54) is 11.1 Å². The Morgan fingerprint density at radius 1 is 1.05 bits per heavy atom. The fourth-order valence-corrected chi connectivity index (χ4v) is 3.07. The summed E-state index contributed by atoms with van der Waals surface area (Å²) in [5, 5.41) is 0.612. The van der Waals surface area contributed by atoms with E-state index in [1.54, 1.807) is 0 Å². The minimum absolute atomic E-state index is 0.344. The molecular weight excluding hydrogens is 276 g/mol. The molecule has 0 saturated carbocycles. The predicted molar refractivity (Wildman–Crippen MR) is 83.7 cm³/mol. The minimum atomic E-state index is 0.344. The van der Waals surface area contributed by atoms with Crippen LogP contribution in [0.3, 0.4) is 0 Å². The Balaban J connectivity index is 2.02. The topological polar surface area (TPSA) is 29.3 Å². The van der Waals surface area contributed by atoms with Gasteiger partial charge in [0, 0.05) is 18.8 Å². The fraction of sp³-hybridized carbons (Fsp3) is 0.133. The molecule has 0 radical (unpaired) electrons. The Morgan fingerprint density at radius 3 is 2.26 bits per heavy atom. The van der Waals surface area contributed by atoms with Crippen LogP contribution in [0.1, 0.15) is 16.7 Å². The van der Waals surface area contributed by atoms with Crippen LogP contribution in [0.25, 0.3) is 0 Å². The molecule has 0 aliphatic carbocycles. The fourth-order valence-electron chi connectivity index (χ4n) is 2.52.